The van der Waals surface area contributed by atoms with E-state index in [9.17, 15) is 9.18 Å². The zero-order chi connectivity index (χ0) is 14.5. The quantitative estimate of drug-likeness (QED) is 0.825. The number of carbonyl (C=O) groups excluding carboxylic acids is 1. The Hall–Kier alpha value is -1.62. The molecule has 1 saturated carbocycles. The Morgan fingerprint density at radius 3 is 2.80 bits per heavy atom. The van der Waals surface area contributed by atoms with Crippen molar-refractivity contribution in [2.24, 2.45) is 5.73 Å². The predicted molar refractivity (Wildman–Crippen MR) is 78.1 cm³/mol. The molecule has 0 radical (unpaired) electrons. The van der Waals surface area contributed by atoms with Gasteiger partial charge in [0.1, 0.15) is 5.82 Å². The fourth-order valence-electron chi connectivity index (χ4n) is 2.19. The van der Waals surface area contributed by atoms with Crippen LogP contribution in [0.5, 0.6) is 0 Å². The van der Waals surface area contributed by atoms with E-state index in [-0.39, 0.29) is 18.3 Å². The lowest BCUT2D eigenvalue weighted by atomic mass is 10.2. The summed E-state index contributed by atoms with van der Waals surface area (Å²) < 4.78 is 13.3. The summed E-state index contributed by atoms with van der Waals surface area (Å²) in [5.74, 6) is -0.211. The van der Waals surface area contributed by atoms with E-state index >= 15 is 0 Å². The van der Waals surface area contributed by atoms with Crippen LogP contribution >= 0.6 is 0 Å². The molecule has 0 atom stereocenters. The third-order valence-electron chi connectivity index (χ3n) is 3.62. The second-order valence-corrected chi connectivity index (χ2v) is 5.28. The lowest BCUT2D eigenvalue weighted by molar-refractivity contribution is -0.128. The van der Waals surface area contributed by atoms with Crippen LogP contribution in [0.15, 0.2) is 24.3 Å². The Labute approximate surface area is 119 Å². The van der Waals surface area contributed by atoms with E-state index in [4.69, 9.17) is 5.73 Å². The van der Waals surface area contributed by atoms with Gasteiger partial charge in [0.2, 0.25) is 5.91 Å². The van der Waals surface area contributed by atoms with Crippen molar-refractivity contribution in [2.75, 3.05) is 31.6 Å². The van der Waals surface area contributed by atoms with Crippen LogP contribution in [-0.2, 0) is 4.79 Å². The summed E-state index contributed by atoms with van der Waals surface area (Å²) in [6, 6.07) is 6.74. The SMILES string of the molecule is CN(C(=O)CN(CCCN)c1cccc(F)c1)C1CC1. The molecule has 0 unspecified atom stereocenters. The molecule has 1 aromatic carbocycles. The van der Waals surface area contributed by atoms with Gasteiger partial charge >= 0.3 is 0 Å². The summed E-state index contributed by atoms with van der Waals surface area (Å²) in [4.78, 5) is 15.9. The Balaban J connectivity index is 2.04. The molecule has 0 saturated heterocycles. The van der Waals surface area contributed by atoms with Crippen LogP contribution in [0.2, 0.25) is 0 Å². The summed E-state index contributed by atoms with van der Waals surface area (Å²) in [5.41, 5.74) is 6.27. The number of amides is 1. The molecule has 2 N–H and O–H groups in total. The van der Waals surface area contributed by atoms with Gasteiger partial charge in [-0.3, -0.25) is 4.79 Å². The van der Waals surface area contributed by atoms with Crippen molar-refractivity contribution in [3.63, 3.8) is 0 Å². The Morgan fingerprint density at radius 1 is 1.45 bits per heavy atom. The van der Waals surface area contributed by atoms with E-state index < -0.39 is 0 Å². The molecule has 0 spiro atoms. The van der Waals surface area contributed by atoms with Gasteiger partial charge in [0, 0.05) is 25.3 Å². The number of hydrogen-bond acceptors (Lipinski definition) is 3. The van der Waals surface area contributed by atoms with Gasteiger partial charge in [-0.15, -0.1) is 0 Å². The van der Waals surface area contributed by atoms with Crippen LogP contribution in [0.3, 0.4) is 0 Å². The first-order valence-electron chi connectivity index (χ1n) is 7.08. The molecule has 110 valence electrons. The number of hydrogen-bond donors (Lipinski definition) is 1. The topological polar surface area (TPSA) is 49.6 Å². The first kappa shape index (κ1) is 14.8. The lowest BCUT2D eigenvalue weighted by Crippen LogP contribution is -2.40. The van der Waals surface area contributed by atoms with Crippen LogP contribution < -0.4 is 10.6 Å². The largest absolute Gasteiger partial charge is 0.362 e. The highest BCUT2D eigenvalue weighted by molar-refractivity contribution is 5.81. The van der Waals surface area contributed by atoms with Crippen LogP contribution in [0.1, 0.15) is 19.3 Å². The number of benzene rings is 1. The van der Waals surface area contributed by atoms with E-state index in [2.05, 4.69) is 0 Å². The Bertz CT molecular complexity index is 462. The van der Waals surface area contributed by atoms with Crippen molar-refractivity contribution < 1.29 is 9.18 Å². The third kappa shape index (κ3) is 3.93. The van der Waals surface area contributed by atoms with Gasteiger partial charge in [-0.05, 0) is 44.0 Å². The fourth-order valence-corrected chi connectivity index (χ4v) is 2.19. The number of carbonyl (C=O) groups is 1. The van der Waals surface area contributed by atoms with Crippen molar-refractivity contribution in [3.8, 4) is 0 Å². The summed E-state index contributed by atoms with van der Waals surface area (Å²) in [5, 5.41) is 0. The van der Waals surface area contributed by atoms with Gasteiger partial charge in [-0.25, -0.2) is 4.39 Å². The predicted octanol–water partition coefficient (Wildman–Crippen LogP) is 1.60. The minimum atomic E-state index is -0.289. The van der Waals surface area contributed by atoms with E-state index in [1.807, 2.05) is 18.0 Å². The monoisotopic (exact) mass is 279 g/mol. The number of halogens is 1. The van der Waals surface area contributed by atoms with Gasteiger partial charge in [-0.1, -0.05) is 6.07 Å². The Kier molecular flexibility index (Phi) is 4.95. The van der Waals surface area contributed by atoms with Crippen LogP contribution in [0.25, 0.3) is 0 Å². The summed E-state index contributed by atoms with van der Waals surface area (Å²) in [7, 11) is 1.84. The molecular weight excluding hydrogens is 257 g/mol. The molecule has 4 nitrogen and oxygen atoms in total. The van der Waals surface area contributed by atoms with E-state index in [1.54, 1.807) is 11.0 Å². The maximum Gasteiger partial charge on any atom is 0.242 e. The number of nitrogens with two attached hydrogens (primary N) is 1. The van der Waals surface area contributed by atoms with Crippen molar-refractivity contribution >= 4 is 11.6 Å². The highest BCUT2D eigenvalue weighted by atomic mass is 19.1. The van der Waals surface area contributed by atoms with Crippen LogP contribution in [0, 0.1) is 5.82 Å². The summed E-state index contributed by atoms with van der Waals surface area (Å²) >= 11 is 0. The third-order valence-corrected chi connectivity index (χ3v) is 3.62. The first-order valence-corrected chi connectivity index (χ1v) is 7.08. The molecule has 0 heterocycles. The van der Waals surface area contributed by atoms with Gasteiger partial charge in [0.25, 0.3) is 0 Å². The second-order valence-electron chi connectivity index (χ2n) is 5.28. The zero-order valence-electron chi connectivity index (χ0n) is 11.9. The molecule has 1 aromatic rings. The standard InChI is InChI=1S/C15H22FN3O/c1-18(13-6-7-13)15(20)11-19(9-3-8-17)14-5-2-4-12(16)10-14/h2,4-5,10,13H,3,6-9,11,17H2,1H3. The first-order chi connectivity index (χ1) is 9.61. The number of anilines is 1. The average molecular weight is 279 g/mol. The molecular formula is C15H22FN3O. The van der Waals surface area contributed by atoms with Crippen LogP contribution in [-0.4, -0.2) is 43.5 Å². The molecule has 20 heavy (non-hydrogen) atoms. The molecule has 1 amide bonds. The molecule has 0 aliphatic heterocycles. The fraction of sp³-hybridized carbons (Fsp3) is 0.533. The molecule has 0 bridgehead atoms. The minimum Gasteiger partial charge on any atom is -0.362 e. The van der Waals surface area contributed by atoms with Gasteiger partial charge < -0.3 is 15.5 Å². The van der Waals surface area contributed by atoms with Crippen LogP contribution in [0.4, 0.5) is 10.1 Å². The summed E-state index contributed by atoms with van der Waals surface area (Å²) in [6.45, 7) is 1.49. The van der Waals surface area contributed by atoms with Gasteiger partial charge in [0.05, 0.1) is 6.54 Å². The molecule has 1 aliphatic carbocycles. The normalized spacial score (nSPS) is 14.2. The van der Waals surface area contributed by atoms with E-state index in [0.29, 0.717) is 19.1 Å². The number of nitrogens with zero attached hydrogens (tertiary/aromatic N) is 2. The highest BCUT2D eigenvalue weighted by Crippen LogP contribution is 2.26. The second kappa shape index (κ2) is 6.70. The molecule has 1 fully saturated rings. The molecule has 0 aromatic heterocycles. The minimum absolute atomic E-state index is 0.0776. The number of likely N-dealkylation sites (N-methyl/N-ethyl adjacent to an activating group) is 1. The van der Waals surface area contributed by atoms with Crippen molar-refractivity contribution in [1.82, 2.24) is 4.90 Å². The lowest BCUT2D eigenvalue weighted by Gasteiger charge is -2.27. The van der Waals surface area contributed by atoms with Crippen molar-refractivity contribution in [2.45, 2.75) is 25.3 Å². The molecule has 1 aliphatic rings. The van der Waals surface area contributed by atoms with Gasteiger partial charge in [-0.2, -0.15) is 0 Å². The smallest absolute Gasteiger partial charge is 0.242 e. The van der Waals surface area contributed by atoms with Gasteiger partial charge in [0.15, 0.2) is 0 Å². The summed E-state index contributed by atoms with van der Waals surface area (Å²) in [6.07, 6.45) is 2.95. The van der Waals surface area contributed by atoms with E-state index in [1.165, 1.54) is 12.1 Å². The molecule has 2 rings (SSSR count). The maximum absolute atomic E-state index is 13.3. The highest BCUT2D eigenvalue weighted by Gasteiger charge is 2.30. The zero-order valence-corrected chi connectivity index (χ0v) is 11.9. The maximum atomic E-state index is 13.3. The number of rotatable bonds is 7. The van der Waals surface area contributed by atoms with Crippen molar-refractivity contribution in [1.29, 1.82) is 0 Å². The average Bonchev–Trinajstić information content (AvgIpc) is 3.26. The van der Waals surface area contributed by atoms with E-state index in [0.717, 1.165) is 24.9 Å². The Morgan fingerprint density at radius 2 is 2.20 bits per heavy atom. The van der Waals surface area contributed by atoms with Crippen molar-refractivity contribution in [3.05, 3.63) is 30.1 Å². The molecule has 5 heteroatoms.